The average molecular weight is 1550 g/mol. The van der Waals surface area contributed by atoms with Crippen LogP contribution in [0.15, 0.2) is 65.3 Å². The van der Waals surface area contributed by atoms with E-state index in [1.54, 1.807) is 90.5 Å². The molecule has 608 valence electrons. The molecule has 2 aromatic carbocycles. The van der Waals surface area contributed by atoms with Gasteiger partial charge in [-0.3, -0.25) is 48.4 Å². The van der Waals surface area contributed by atoms with E-state index >= 15 is 0 Å². The number of aromatic nitrogens is 1. The first-order valence-corrected chi connectivity index (χ1v) is 37.4. The van der Waals surface area contributed by atoms with Crippen LogP contribution in [0.3, 0.4) is 0 Å². The molecule has 4 rings (SSSR count). The summed E-state index contributed by atoms with van der Waals surface area (Å²) in [5.74, 6) is 1.71. The lowest BCUT2D eigenvalue weighted by Crippen LogP contribution is -2.37. The third kappa shape index (κ3) is 58.1. The van der Waals surface area contributed by atoms with Crippen molar-refractivity contribution in [3.8, 4) is 5.75 Å². The standard InChI is InChI=1S/C11H16N2O.C11H15NO2.C8H12N2OS.C8H14O.C7H14O.C6H12O2.C6H12OS.C6H12O.C5H12N2O.C5H11NO2.C4H11NO3S/c1-11(2,3)10(14)13-9-7-5-4-6-8(9)12;1-11(2,3)10(14)12-8-6-4-5-7-9(8)13;1-8(2,3)6(11)10-7-9-4-5-12-7;1-8(2,3)7(9)6-4-5-6;1-5-6(8)7(2,3)4;1-6(2,3)5(8)4-7;1-6(2,3)5(7)4-8;1-5(7)6(2,3)4;1-5(2,3)4(6)7-8;1-5(2,3)4(7)6-8;1-4(2,3)9(7,8)5-6/h4-7H,12H2,1-3H3,(H,13,14);4-7,13H,1-3H3,(H,12,14);4-5H,1-3H3,(H,9,10,11);6H,4-5H2,1-3H3;5H2,1-4H3;7H,4H2,1-3H3;8H,4H2,1-3H3;1-4H3;8H,1-3H3,(H2,6,7);8H,1-3H3,(H,6,7);5-6H,1-3H3. The zero-order valence-corrected chi connectivity index (χ0v) is 73.0. The number of hydrogen-bond donors (Lipinski definition) is 13. The van der Waals surface area contributed by atoms with Gasteiger partial charge < -0.3 is 48.0 Å². The molecule has 4 amide bonds. The van der Waals surface area contributed by atoms with Crippen LogP contribution < -0.4 is 37.8 Å². The molecule has 28 heteroatoms. The Morgan fingerprint density at radius 2 is 0.886 bits per heavy atom. The van der Waals surface area contributed by atoms with Crippen LogP contribution in [0.25, 0.3) is 0 Å². The number of nitrogens with one attached hydrogen (secondary N) is 5. The average Bonchev–Trinajstić information content (AvgIpc) is 1.79. The number of phenols is 1. The van der Waals surface area contributed by atoms with E-state index < -0.39 is 31.0 Å². The van der Waals surface area contributed by atoms with Gasteiger partial charge in [-0.15, -0.1) is 11.3 Å². The van der Waals surface area contributed by atoms with E-state index in [2.05, 4.69) is 38.7 Å². The molecule has 1 fully saturated rings. The van der Waals surface area contributed by atoms with Crippen LogP contribution in [0, 0.1) is 60.1 Å². The molecule has 1 heterocycles. The number of Topliss-reactive ketones (excluding diaryl/α,β-unsaturated/α-hetero) is 5. The zero-order valence-electron chi connectivity index (χ0n) is 70.4. The molecule has 3 aromatic rings. The lowest BCUT2D eigenvalue weighted by atomic mass is 9.88. The number of amides is 4. The lowest BCUT2D eigenvalue weighted by molar-refractivity contribution is -0.137. The Morgan fingerprint density at radius 1 is 0.533 bits per heavy atom. The van der Waals surface area contributed by atoms with E-state index in [0.717, 1.165) is 12.8 Å². The Hall–Kier alpha value is -6.69. The highest BCUT2D eigenvalue weighted by Crippen LogP contribution is 2.36. The number of ketones is 5. The van der Waals surface area contributed by atoms with Gasteiger partial charge in [-0.1, -0.05) is 249 Å². The van der Waals surface area contributed by atoms with Gasteiger partial charge in [-0.25, -0.2) is 18.9 Å². The van der Waals surface area contributed by atoms with Crippen LogP contribution in [0.5, 0.6) is 5.75 Å². The van der Waals surface area contributed by atoms with Gasteiger partial charge in [0.1, 0.15) is 41.3 Å². The summed E-state index contributed by atoms with van der Waals surface area (Å²) in [6, 6.07) is 13.9. The summed E-state index contributed by atoms with van der Waals surface area (Å²) in [4.78, 5) is 104. The van der Waals surface area contributed by atoms with Gasteiger partial charge in [0.25, 0.3) is 0 Å². The summed E-state index contributed by atoms with van der Waals surface area (Å²) in [6.07, 6.45) is 4.60. The largest absolute Gasteiger partial charge is 0.506 e. The molecule has 105 heavy (non-hydrogen) atoms. The van der Waals surface area contributed by atoms with E-state index in [-0.39, 0.29) is 97.1 Å². The number of sulfonamides is 1. The summed E-state index contributed by atoms with van der Waals surface area (Å²) in [6.45, 7) is 63.7. The molecule has 1 aliphatic rings. The molecule has 0 radical (unpaired) electrons. The van der Waals surface area contributed by atoms with Gasteiger partial charge in [-0.2, -0.15) is 12.6 Å². The minimum atomic E-state index is -3.53. The number of nitrogens with zero attached hydrogens (tertiary/aromatic N) is 2. The third-order valence-electron chi connectivity index (χ3n) is 13.5. The molecule has 14 N–H and O–H groups in total. The van der Waals surface area contributed by atoms with E-state index in [9.17, 15) is 56.7 Å². The third-order valence-corrected chi connectivity index (χ3v) is 16.3. The number of anilines is 4. The predicted molar refractivity (Wildman–Crippen MR) is 433 cm³/mol. The molecule has 0 bridgehead atoms. The summed E-state index contributed by atoms with van der Waals surface area (Å²) >= 11 is 5.28. The fourth-order valence-electron chi connectivity index (χ4n) is 4.80. The number of oxime groups is 1. The number of aliphatic hydroxyl groups is 1. The number of carbonyl (C=O) groups excluding carboxylic acids is 9. The number of hydroxylamine groups is 1. The van der Waals surface area contributed by atoms with Crippen LogP contribution in [0.1, 0.15) is 262 Å². The number of hydrogen-bond acceptors (Lipinski definition) is 21. The quantitative estimate of drug-likeness (QED) is 0.0146. The van der Waals surface area contributed by atoms with Crippen molar-refractivity contribution in [2.45, 2.75) is 266 Å². The van der Waals surface area contributed by atoms with Gasteiger partial charge in [0, 0.05) is 83.8 Å². The number of amidine groups is 1. The summed E-state index contributed by atoms with van der Waals surface area (Å²) in [7, 11) is -3.53. The van der Waals surface area contributed by atoms with Crippen molar-refractivity contribution in [1.29, 1.82) is 0 Å². The summed E-state index contributed by atoms with van der Waals surface area (Å²) in [5.41, 5.74) is 11.4. The fraction of sp³-hybridized carbons (Fsp3) is 0.675. The number of para-hydroxylation sites is 4. The number of nitrogens with two attached hydrogens (primary N) is 2. The Kier molecular flexibility index (Phi) is 51.7. The summed E-state index contributed by atoms with van der Waals surface area (Å²) in [5, 5.41) is 55.6. The molecule has 0 aliphatic heterocycles. The fourth-order valence-corrected chi connectivity index (χ4v) is 6.07. The number of phenolic OH excluding ortho intramolecular Hbond substituents is 1. The monoisotopic (exact) mass is 1540 g/mol. The van der Waals surface area contributed by atoms with Crippen LogP contribution in [0.4, 0.5) is 22.2 Å². The van der Waals surface area contributed by atoms with Crippen molar-refractivity contribution in [2.75, 3.05) is 34.0 Å². The van der Waals surface area contributed by atoms with Crippen molar-refractivity contribution < 1.29 is 77.4 Å². The Labute approximate surface area is 641 Å². The van der Waals surface area contributed by atoms with E-state index in [4.69, 9.17) is 32.2 Å². The van der Waals surface area contributed by atoms with Gasteiger partial charge in [-0.05, 0) is 64.8 Å². The molecule has 0 atom stereocenters. The first-order valence-electron chi connectivity index (χ1n) is 34.4. The topological polar surface area (TPSA) is 426 Å². The maximum atomic E-state index is 11.6. The number of carbonyl (C=O) groups is 9. The smallest absolute Gasteiger partial charge is 0.248 e. The van der Waals surface area contributed by atoms with Crippen LogP contribution in [0.2, 0.25) is 0 Å². The number of aromatic hydroxyl groups is 1. The van der Waals surface area contributed by atoms with Crippen LogP contribution >= 0.6 is 24.0 Å². The number of rotatable bonds is 8. The first kappa shape index (κ1) is 112. The molecule has 0 saturated heterocycles. The van der Waals surface area contributed by atoms with Crippen molar-refractivity contribution in [3.05, 3.63) is 60.1 Å². The van der Waals surface area contributed by atoms with Gasteiger partial charge in [0.15, 0.2) is 10.9 Å². The molecule has 1 aromatic heterocycles. The SMILES string of the molecule is CC(=O)C(C)(C)C.CC(C)(C)/C(N)=N/O.CC(C)(C)C(=O)C1CC1.CC(C)(C)C(=O)CO.CC(C)(C)C(=O)CS.CC(C)(C)C(=O)NO.CC(C)(C)C(=O)Nc1ccccc1N.CC(C)(C)C(=O)Nc1ccccc1O.CC(C)(C)C(=O)Nc1nccs1.CC(C)(C)S(=O)(=O)NO.CCC(=O)C(C)(C)C. The number of aliphatic hydroxyl groups excluding tert-OH is 1. The van der Waals surface area contributed by atoms with E-state index in [1.807, 2.05) is 191 Å². The molecule has 0 spiro atoms. The molecule has 1 saturated carbocycles. The molecular formula is C77H141N9O16S3. The number of benzene rings is 2. The van der Waals surface area contributed by atoms with Gasteiger partial charge >= 0.3 is 0 Å². The van der Waals surface area contributed by atoms with Crippen LogP contribution in [-0.2, 0) is 53.2 Å². The molecule has 25 nitrogen and oxygen atoms in total. The highest BCUT2D eigenvalue weighted by Gasteiger charge is 2.36. The Balaban J connectivity index is -0.000000203. The number of thiol groups is 1. The second-order valence-corrected chi connectivity index (χ2v) is 39.2. The number of thiazole rings is 1. The normalized spacial score (nSPS) is 12.4. The minimum absolute atomic E-state index is 0.00236. The van der Waals surface area contributed by atoms with Gasteiger partial charge in [0.05, 0.1) is 21.8 Å². The van der Waals surface area contributed by atoms with Crippen molar-refractivity contribution in [3.63, 3.8) is 0 Å². The highest BCUT2D eigenvalue weighted by molar-refractivity contribution is 7.90. The second kappa shape index (κ2) is 48.6. The molecular weight excluding hydrogens is 1400 g/mol. The summed E-state index contributed by atoms with van der Waals surface area (Å²) < 4.78 is 20.4. The van der Waals surface area contributed by atoms with Crippen molar-refractivity contribution in [2.24, 2.45) is 71.0 Å². The Bertz CT molecular complexity index is 3060. The van der Waals surface area contributed by atoms with E-state index in [0.29, 0.717) is 51.9 Å². The molecule has 0 unspecified atom stereocenters. The maximum Gasteiger partial charge on any atom is 0.248 e. The predicted octanol–water partition coefficient (Wildman–Crippen LogP) is 15.9. The Morgan fingerprint density at radius 3 is 1.06 bits per heavy atom. The van der Waals surface area contributed by atoms with Crippen LogP contribution in [-0.4, -0.2) is 115 Å². The minimum Gasteiger partial charge on any atom is -0.506 e. The van der Waals surface area contributed by atoms with E-state index in [1.165, 1.54) is 43.1 Å². The zero-order chi connectivity index (χ0) is 85.5. The lowest BCUT2D eigenvalue weighted by Gasteiger charge is -2.18. The number of nitrogen functional groups attached to an aromatic ring is 1. The first-order chi connectivity index (χ1) is 46.5. The van der Waals surface area contributed by atoms with Crippen molar-refractivity contribution in [1.82, 2.24) is 15.3 Å². The van der Waals surface area contributed by atoms with Crippen molar-refractivity contribution >= 4 is 115 Å². The maximum absolute atomic E-state index is 11.6. The highest BCUT2D eigenvalue weighted by atomic mass is 32.2. The molecule has 1 aliphatic carbocycles. The van der Waals surface area contributed by atoms with Gasteiger partial charge in [0.2, 0.25) is 33.7 Å². The second-order valence-electron chi connectivity index (χ2n) is 35.6.